The van der Waals surface area contributed by atoms with Gasteiger partial charge in [-0.2, -0.15) is 0 Å². The third-order valence-corrected chi connectivity index (χ3v) is 6.10. The van der Waals surface area contributed by atoms with Gasteiger partial charge in [-0.25, -0.2) is 15.0 Å². The summed E-state index contributed by atoms with van der Waals surface area (Å²) >= 11 is 0. The number of nitrogens with one attached hydrogen (secondary N) is 1. The smallest absolute Gasteiger partial charge is 0.255 e. The largest absolute Gasteiger partial charge is 0.353 e. The Kier molecular flexibility index (Phi) is 5.93. The van der Waals surface area contributed by atoms with Gasteiger partial charge in [0.2, 0.25) is 5.95 Å². The molecule has 1 N–H and O–H groups in total. The van der Waals surface area contributed by atoms with Crippen LogP contribution in [0.3, 0.4) is 0 Å². The molecule has 2 aromatic heterocycles. The zero-order chi connectivity index (χ0) is 21.8. The van der Waals surface area contributed by atoms with E-state index in [2.05, 4.69) is 54.3 Å². The molecule has 32 heavy (non-hydrogen) atoms. The van der Waals surface area contributed by atoms with Crippen molar-refractivity contribution in [2.45, 2.75) is 6.04 Å². The lowest BCUT2D eigenvalue weighted by atomic mass is 10.0. The Balaban J connectivity index is 1.20. The van der Waals surface area contributed by atoms with Crippen molar-refractivity contribution in [1.82, 2.24) is 25.2 Å². The molecule has 0 radical (unpaired) electrons. The van der Waals surface area contributed by atoms with Gasteiger partial charge in [0.1, 0.15) is 5.82 Å². The SMILES string of the molecule is O=C(c1ccc(N2CCNC(c3ccccc3)C2)nc1)N1CCN(c2ncccn2)CC1. The molecule has 0 spiro atoms. The summed E-state index contributed by atoms with van der Waals surface area (Å²) in [5.41, 5.74) is 1.91. The highest BCUT2D eigenvalue weighted by molar-refractivity contribution is 5.94. The van der Waals surface area contributed by atoms with Crippen molar-refractivity contribution in [2.24, 2.45) is 0 Å². The molecule has 2 aliphatic rings. The van der Waals surface area contributed by atoms with Crippen molar-refractivity contribution >= 4 is 17.7 Å². The van der Waals surface area contributed by atoms with Crippen LogP contribution in [0.2, 0.25) is 0 Å². The lowest BCUT2D eigenvalue weighted by Crippen LogP contribution is -2.49. The van der Waals surface area contributed by atoms with Gasteiger partial charge in [-0.3, -0.25) is 4.79 Å². The summed E-state index contributed by atoms with van der Waals surface area (Å²) in [6.45, 7) is 5.40. The number of aromatic nitrogens is 3. The number of anilines is 2. The monoisotopic (exact) mass is 429 g/mol. The number of benzene rings is 1. The van der Waals surface area contributed by atoms with E-state index in [1.165, 1.54) is 5.56 Å². The molecule has 5 rings (SSSR count). The Morgan fingerprint density at radius 2 is 1.62 bits per heavy atom. The van der Waals surface area contributed by atoms with Gasteiger partial charge in [-0.05, 0) is 23.8 Å². The second-order valence-electron chi connectivity index (χ2n) is 8.10. The lowest BCUT2D eigenvalue weighted by Gasteiger charge is -2.35. The molecule has 1 amide bonds. The van der Waals surface area contributed by atoms with Crippen molar-refractivity contribution in [3.05, 3.63) is 78.2 Å². The summed E-state index contributed by atoms with van der Waals surface area (Å²) in [7, 11) is 0. The van der Waals surface area contributed by atoms with Crippen LogP contribution in [0.5, 0.6) is 0 Å². The highest BCUT2D eigenvalue weighted by Gasteiger charge is 2.25. The number of carbonyl (C=O) groups is 1. The first-order valence-electron chi connectivity index (χ1n) is 11.1. The Hall–Kier alpha value is -3.52. The van der Waals surface area contributed by atoms with Crippen LogP contribution in [0, 0.1) is 0 Å². The van der Waals surface area contributed by atoms with E-state index in [9.17, 15) is 4.79 Å². The number of carbonyl (C=O) groups excluding carboxylic acids is 1. The summed E-state index contributed by atoms with van der Waals surface area (Å²) in [5.74, 6) is 1.66. The van der Waals surface area contributed by atoms with Crippen LogP contribution in [-0.4, -0.2) is 71.6 Å². The van der Waals surface area contributed by atoms with Crippen LogP contribution in [0.4, 0.5) is 11.8 Å². The van der Waals surface area contributed by atoms with E-state index in [1.807, 2.05) is 29.2 Å². The predicted molar refractivity (Wildman–Crippen MR) is 124 cm³/mol. The second-order valence-corrected chi connectivity index (χ2v) is 8.10. The number of rotatable bonds is 4. The second kappa shape index (κ2) is 9.32. The number of hydrogen-bond acceptors (Lipinski definition) is 7. The first-order valence-corrected chi connectivity index (χ1v) is 11.1. The maximum atomic E-state index is 13.0. The minimum atomic E-state index is 0.0279. The van der Waals surface area contributed by atoms with Crippen LogP contribution in [0.25, 0.3) is 0 Å². The number of amides is 1. The van der Waals surface area contributed by atoms with Crippen molar-refractivity contribution in [3.8, 4) is 0 Å². The molecule has 2 saturated heterocycles. The van der Waals surface area contributed by atoms with E-state index in [1.54, 1.807) is 18.6 Å². The van der Waals surface area contributed by atoms with Crippen LogP contribution in [-0.2, 0) is 0 Å². The molecule has 4 heterocycles. The minimum Gasteiger partial charge on any atom is -0.353 e. The summed E-state index contributed by atoms with van der Waals surface area (Å²) in [6, 6.07) is 16.4. The van der Waals surface area contributed by atoms with Crippen LogP contribution in [0.15, 0.2) is 67.1 Å². The van der Waals surface area contributed by atoms with Crippen molar-refractivity contribution in [2.75, 3.05) is 55.6 Å². The number of nitrogens with zero attached hydrogens (tertiary/aromatic N) is 6. The van der Waals surface area contributed by atoms with Crippen LogP contribution in [0.1, 0.15) is 22.0 Å². The van der Waals surface area contributed by atoms with Gasteiger partial charge in [-0.1, -0.05) is 30.3 Å². The molecule has 0 bridgehead atoms. The number of pyridine rings is 1. The van der Waals surface area contributed by atoms with Gasteiger partial charge < -0.3 is 20.0 Å². The first-order chi connectivity index (χ1) is 15.8. The molecular weight excluding hydrogens is 402 g/mol. The molecule has 0 aliphatic carbocycles. The van der Waals surface area contributed by atoms with E-state index in [0.29, 0.717) is 18.7 Å². The predicted octanol–water partition coefficient (Wildman–Crippen LogP) is 1.98. The van der Waals surface area contributed by atoms with E-state index < -0.39 is 0 Å². The summed E-state index contributed by atoms with van der Waals surface area (Å²) in [6.07, 6.45) is 5.20. The Labute approximate surface area is 187 Å². The normalized spacial score (nSPS) is 19.1. The highest BCUT2D eigenvalue weighted by Crippen LogP contribution is 2.21. The molecule has 2 fully saturated rings. The maximum absolute atomic E-state index is 13.0. The van der Waals surface area contributed by atoms with Crippen LogP contribution >= 0.6 is 0 Å². The molecule has 0 saturated carbocycles. The lowest BCUT2D eigenvalue weighted by molar-refractivity contribution is 0.0746. The van der Waals surface area contributed by atoms with Crippen molar-refractivity contribution in [1.29, 1.82) is 0 Å². The third kappa shape index (κ3) is 4.40. The fourth-order valence-electron chi connectivity index (χ4n) is 4.31. The van der Waals surface area contributed by atoms with E-state index in [4.69, 9.17) is 0 Å². The van der Waals surface area contributed by atoms with Crippen molar-refractivity contribution in [3.63, 3.8) is 0 Å². The average molecular weight is 430 g/mol. The van der Waals surface area contributed by atoms with Gasteiger partial charge >= 0.3 is 0 Å². The Morgan fingerprint density at radius 1 is 0.844 bits per heavy atom. The number of hydrogen-bond donors (Lipinski definition) is 1. The molecule has 8 nitrogen and oxygen atoms in total. The molecule has 3 aromatic rings. The quantitative estimate of drug-likeness (QED) is 0.680. The van der Waals surface area contributed by atoms with Gasteiger partial charge in [0, 0.05) is 70.4 Å². The fraction of sp³-hybridized carbons (Fsp3) is 0.333. The van der Waals surface area contributed by atoms with E-state index in [-0.39, 0.29) is 11.9 Å². The summed E-state index contributed by atoms with van der Waals surface area (Å²) < 4.78 is 0. The zero-order valence-electron chi connectivity index (χ0n) is 18.0. The molecule has 8 heteroatoms. The van der Waals surface area contributed by atoms with Gasteiger partial charge in [0.15, 0.2) is 0 Å². The summed E-state index contributed by atoms with van der Waals surface area (Å²) in [4.78, 5) is 32.5. The minimum absolute atomic E-state index is 0.0279. The maximum Gasteiger partial charge on any atom is 0.255 e. The Morgan fingerprint density at radius 3 is 2.34 bits per heavy atom. The summed E-state index contributed by atoms with van der Waals surface area (Å²) in [5, 5.41) is 3.58. The van der Waals surface area contributed by atoms with E-state index in [0.717, 1.165) is 44.5 Å². The van der Waals surface area contributed by atoms with Crippen molar-refractivity contribution < 1.29 is 4.79 Å². The highest BCUT2D eigenvalue weighted by atomic mass is 16.2. The zero-order valence-corrected chi connectivity index (χ0v) is 18.0. The number of piperazine rings is 2. The van der Waals surface area contributed by atoms with E-state index >= 15 is 0 Å². The van der Waals surface area contributed by atoms with Gasteiger partial charge in [-0.15, -0.1) is 0 Å². The van der Waals surface area contributed by atoms with Gasteiger partial charge in [0.05, 0.1) is 5.56 Å². The molecule has 2 aliphatic heterocycles. The van der Waals surface area contributed by atoms with Crippen LogP contribution < -0.4 is 15.1 Å². The van der Waals surface area contributed by atoms with Gasteiger partial charge in [0.25, 0.3) is 5.91 Å². The molecule has 1 atom stereocenters. The molecule has 1 aromatic carbocycles. The average Bonchev–Trinajstić information content (AvgIpc) is 2.89. The molecule has 164 valence electrons. The topological polar surface area (TPSA) is 77.5 Å². The first kappa shape index (κ1) is 20.4. The fourth-order valence-corrected chi connectivity index (χ4v) is 4.31. The molecular formula is C24H27N7O. The molecule has 1 unspecified atom stereocenters. The third-order valence-electron chi connectivity index (χ3n) is 6.10. The Bertz CT molecular complexity index is 1020. The standard InChI is InChI=1S/C24H27N7O/c32-23(29-13-15-30(16-14-29)24-26-9-4-10-27-24)20-7-8-22(28-17-20)31-12-11-25-21(18-31)19-5-2-1-3-6-19/h1-10,17,21,25H,11-16,18H2.